The molecule has 0 fully saturated rings. The van der Waals surface area contributed by atoms with Crippen LogP contribution in [-0.2, 0) is 24.3 Å². The number of hydrogen-bond donors (Lipinski definition) is 1. The van der Waals surface area contributed by atoms with Gasteiger partial charge in [-0.05, 0) is 19.1 Å². The van der Waals surface area contributed by atoms with E-state index in [1.165, 1.54) is 14.0 Å². The Morgan fingerprint density at radius 3 is 2.59 bits per heavy atom. The van der Waals surface area contributed by atoms with Gasteiger partial charge in [0.15, 0.2) is 16.0 Å². The predicted octanol–water partition coefficient (Wildman–Crippen LogP) is 1.87. The van der Waals surface area contributed by atoms with Gasteiger partial charge < -0.3 is 4.74 Å². The van der Waals surface area contributed by atoms with Crippen LogP contribution in [0, 0.1) is 11.6 Å². The van der Waals surface area contributed by atoms with Gasteiger partial charge in [0.1, 0.15) is 6.04 Å². The highest BCUT2D eigenvalue weighted by Gasteiger charge is 2.30. The van der Waals surface area contributed by atoms with Gasteiger partial charge in [0, 0.05) is 6.07 Å². The Kier molecular flexibility index (Phi) is 7.48. The lowest BCUT2D eigenvalue weighted by Crippen LogP contribution is -2.45. The first-order chi connectivity index (χ1) is 13.5. The normalized spacial score (nSPS) is 12.3. The second kappa shape index (κ2) is 9.45. The molecule has 2 rings (SSSR count). The number of ether oxygens (including phenoxy) is 1. The second-order valence-electron chi connectivity index (χ2n) is 5.56. The number of methoxy groups -OCH3 is 1. The lowest BCUT2D eigenvalue weighted by molar-refractivity contribution is -0.137. The number of thioether (sulfide) groups is 1. The third-order valence-corrected chi connectivity index (χ3v) is 6.61. The molecule has 158 valence electrons. The Bertz CT molecular complexity index is 1020. The molecule has 0 aliphatic rings. The molecule has 0 saturated heterocycles. The number of anilines is 2. The molecule has 1 aromatic carbocycles. The highest BCUT2D eigenvalue weighted by Crippen LogP contribution is 2.27. The van der Waals surface area contributed by atoms with E-state index in [0.29, 0.717) is 14.7 Å². The highest BCUT2D eigenvalue weighted by molar-refractivity contribution is 8.01. The summed E-state index contributed by atoms with van der Waals surface area (Å²) in [5.74, 6) is -3.61. The Morgan fingerprint density at radius 1 is 1.31 bits per heavy atom. The van der Waals surface area contributed by atoms with Crippen LogP contribution in [0.5, 0.6) is 0 Å². The first-order valence-electron chi connectivity index (χ1n) is 7.81. The fourth-order valence-corrected chi connectivity index (χ4v) is 4.89. The summed E-state index contributed by atoms with van der Waals surface area (Å²) in [6.07, 6.45) is 0.838. The zero-order valence-electron chi connectivity index (χ0n) is 15.4. The maximum absolute atomic E-state index is 13.5. The van der Waals surface area contributed by atoms with E-state index >= 15 is 0 Å². The number of rotatable bonds is 8. The zero-order chi connectivity index (χ0) is 21.8. The van der Waals surface area contributed by atoms with Crippen molar-refractivity contribution in [3.05, 3.63) is 29.8 Å². The molecule has 9 nitrogen and oxygen atoms in total. The van der Waals surface area contributed by atoms with E-state index < -0.39 is 39.6 Å². The van der Waals surface area contributed by atoms with Crippen molar-refractivity contribution in [3.63, 3.8) is 0 Å². The summed E-state index contributed by atoms with van der Waals surface area (Å²) < 4.78 is 56.6. The summed E-state index contributed by atoms with van der Waals surface area (Å²) in [6, 6.07) is 1.20. The molecule has 0 bridgehead atoms. The minimum absolute atomic E-state index is 0.00741. The van der Waals surface area contributed by atoms with E-state index in [2.05, 4.69) is 20.3 Å². The maximum Gasteiger partial charge on any atom is 0.316 e. The van der Waals surface area contributed by atoms with Crippen LogP contribution in [0.1, 0.15) is 6.92 Å². The number of nitrogens with zero attached hydrogens (tertiary/aromatic N) is 3. The van der Waals surface area contributed by atoms with Crippen molar-refractivity contribution in [3.8, 4) is 0 Å². The average Bonchev–Trinajstić information content (AvgIpc) is 3.08. The molecule has 29 heavy (non-hydrogen) atoms. The maximum atomic E-state index is 13.5. The Hall–Kier alpha value is -2.32. The summed E-state index contributed by atoms with van der Waals surface area (Å²) in [7, 11) is -2.76. The number of hydrogen-bond acceptors (Lipinski definition) is 9. The van der Waals surface area contributed by atoms with Crippen LogP contribution >= 0.6 is 23.1 Å². The summed E-state index contributed by atoms with van der Waals surface area (Å²) in [5, 5.41) is 10.0. The number of halogens is 2. The topological polar surface area (TPSA) is 119 Å². The molecule has 0 aliphatic carbocycles. The number of nitrogens with one attached hydrogen (secondary N) is 1. The van der Waals surface area contributed by atoms with Crippen molar-refractivity contribution in [2.24, 2.45) is 0 Å². The minimum atomic E-state index is -4.00. The van der Waals surface area contributed by atoms with Gasteiger partial charge in [-0.15, -0.1) is 10.2 Å². The van der Waals surface area contributed by atoms with Crippen molar-refractivity contribution in [1.29, 1.82) is 0 Å². The van der Waals surface area contributed by atoms with Gasteiger partial charge in [-0.25, -0.2) is 17.2 Å². The van der Waals surface area contributed by atoms with E-state index in [1.54, 1.807) is 0 Å². The van der Waals surface area contributed by atoms with Crippen molar-refractivity contribution >= 4 is 55.8 Å². The lowest BCUT2D eigenvalue weighted by Gasteiger charge is -2.27. The predicted molar refractivity (Wildman–Crippen MR) is 104 cm³/mol. The first-order valence-corrected chi connectivity index (χ1v) is 11.5. The van der Waals surface area contributed by atoms with Gasteiger partial charge in [0.05, 0.1) is 24.8 Å². The van der Waals surface area contributed by atoms with Crippen LogP contribution in [0.4, 0.5) is 19.6 Å². The van der Waals surface area contributed by atoms with Crippen LogP contribution in [0.15, 0.2) is 22.5 Å². The number of amides is 1. The van der Waals surface area contributed by atoms with E-state index in [4.69, 9.17) is 0 Å². The van der Waals surface area contributed by atoms with Gasteiger partial charge in [-0.1, -0.05) is 23.1 Å². The largest absolute Gasteiger partial charge is 0.468 e. The van der Waals surface area contributed by atoms with Crippen LogP contribution < -0.4 is 9.62 Å². The second-order valence-corrected chi connectivity index (χ2v) is 9.62. The van der Waals surface area contributed by atoms with Crippen LogP contribution in [0.3, 0.4) is 0 Å². The average molecular weight is 467 g/mol. The van der Waals surface area contributed by atoms with E-state index in [0.717, 1.165) is 41.5 Å². The van der Waals surface area contributed by atoms with Crippen molar-refractivity contribution in [2.45, 2.75) is 17.3 Å². The number of carbonyl (C=O) groups excluding carboxylic acids is 2. The fourth-order valence-electron chi connectivity index (χ4n) is 2.14. The molecular formula is C15H16F2N4O5S3. The molecule has 0 radical (unpaired) electrons. The van der Waals surface area contributed by atoms with E-state index in [9.17, 15) is 26.8 Å². The quantitative estimate of drug-likeness (QED) is 0.356. The molecule has 0 saturated carbocycles. The fraction of sp³-hybridized carbons (Fsp3) is 0.333. The number of aromatic nitrogens is 2. The summed E-state index contributed by atoms with van der Waals surface area (Å²) in [4.78, 5) is 23.7. The summed E-state index contributed by atoms with van der Waals surface area (Å²) in [6.45, 7) is 1.28. The molecule has 14 heteroatoms. The SMILES string of the molecule is COC(=O)CSc1nnc(NC(=O)[C@@H](C)N(c2ccc(F)c(F)c2)S(C)(=O)=O)s1. The van der Waals surface area contributed by atoms with E-state index in [1.807, 2.05) is 0 Å². The molecule has 1 heterocycles. The van der Waals surface area contributed by atoms with Crippen LogP contribution in [0.25, 0.3) is 0 Å². The van der Waals surface area contributed by atoms with Crippen molar-refractivity contribution < 1.29 is 31.5 Å². The van der Waals surface area contributed by atoms with Gasteiger partial charge in [0.25, 0.3) is 0 Å². The smallest absolute Gasteiger partial charge is 0.316 e. The van der Waals surface area contributed by atoms with Gasteiger partial charge >= 0.3 is 5.97 Å². The molecule has 1 atom stereocenters. The molecule has 2 aromatic rings. The number of carbonyl (C=O) groups is 2. The Labute approximate surface area is 173 Å². The third kappa shape index (κ3) is 6.08. The van der Waals surface area contributed by atoms with Gasteiger partial charge in [-0.2, -0.15) is 0 Å². The molecule has 1 amide bonds. The first kappa shape index (κ1) is 23.0. The molecule has 1 N–H and O–H groups in total. The standard InChI is InChI=1S/C15H16F2N4O5S3/c1-8(21(29(3,24)25)9-4-5-10(16)11(17)6-9)13(23)18-14-19-20-15(28-14)27-7-12(22)26-2/h4-6,8H,7H2,1-3H3,(H,18,19,23)/t8-/m1/s1. The summed E-state index contributed by atoms with van der Waals surface area (Å²) >= 11 is 2.03. The molecule has 1 aromatic heterocycles. The molecule has 0 spiro atoms. The number of benzene rings is 1. The lowest BCUT2D eigenvalue weighted by atomic mass is 10.2. The molecular weight excluding hydrogens is 450 g/mol. The molecule has 0 aliphatic heterocycles. The summed E-state index contributed by atoms with van der Waals surface area (Å²) in [5.41, 5.74) is -0.208. The Balaban J connectivity index is 2.16. The monoisotopic (exact) mass is 466 g/mol. The van der Waals surface area contributed by atoms with Crippen LogP contribution in [-0.4, -0.2) is 55.7 Å². The zero-order valence-corrected chi connectivity index (χ0v) is 17.8. The van der Waals surface area contributed by atoms with Gasteiger partial charge in [0.2, 0.25) is 21.1 Å². The van der Waals surface area contributed by atoms with Crippen LogP contribution in [0.2, 0.25) is 0 Å². The van der Waals surface area contributed by atoms with E-state index in [-0.39, 0.29) is 16.6 Å². The number of sulfonamides is 1. The number of esters is 1. The minimum Gasteiger partial charge on any atom is -0.468 e. The Morgan fingerprint density at radius 2 is 2.00 bits per heavy atom. The van der Waals surface area contributed by atoms with Gasteiger partial charge in [-0.3, -0.25) is 19.2 Å². The van der Waals surface area contributed by atoms with Crippen molar-refractivity contribution in [2.75, 3.05) is 28.7 Å². The third-order valence-electron chi connectivity index (χ3n) is 3.42. The highest BCUT2D eigenvalue weighted by atomic mass is 32.2. The van der Waals surface area contributed by atoms with Crippen molar-refractivity contribution in [1.82, 2.24) is 10.2 Å². The molecule has 0 unspecified atom stereocenters.